The second-order valence-electron chi connectivity index (χ2n) is 5.09. The topological polar surface area (TPSA) is 84.1 Å². The molecule has 0 aliphatic carbocycles. The molecule has 0 saturated carbocycles. The van der Waals surface area contributed by atoms with Crippen molar-refractivity contribution in [2.45, 2.75) is 12.5 Å². The molecule has 0 fully saturated rings. The van der Waals surface area contributed by atoms with Crippen molar-refractivity contribution in [1.29, 1.82) is 0 Å². The number of benzene rings is 1. The Kier molecular flexibility index (Phi) is 3.79. The van der Waals surface area contributed by atoms with E-state index in [2.05, 4.69) is 21.4 Å². The maximum Gasteiger partial charge on any atom is 0.246 e. The maximum atomic E-state index is 12.1. The number of aromatic nitrogens is 2. The highest BCUT2D eigenvalue weighted by Gasteiger charge is 2.23. The Morgan fingerprint density at radius 1 is 1.29 bits per heavy atom. The molecule has 0 saturated heterocycles. The third-order valence-corrected chi connectivity index (χ3v) is 3.42. The highest BCUT2D eigenvalue weighted by molar-refractivity contribution is 5.92. The molecule has 1 aliphatic rings. The van der Waals surface area contributed by atoms with E-state index >= 15 is 0 Å². The van der Waals surface area contributed by atoms with Crippen molar-refractivity contribution in [3.05, 3.63) is 48.3 Å². The van der Waals surface area contributed by atoms with Crippen molar-refractivity contribution in [2.75, 3.05) is 23.3 Å². The number of amides is 1. The molecular weight excluding hydrogens is 266 g/mol. The fraction of sp³-hybridized carbons (Fsp3) is 0.267. The molecule has 1 amide bonds. The van der Waals surface area contributed by atoms with Crippen LogP contribution in [0.3, 0.4) is 0 Å². The Morgan fingerprint density at radius 2 is 2.05 bits per heavy atom. The molecule has 0 bridgehead atoms. The van der Waals surface area contributed by atoms with Gasteiger partial charge in [0.25, 0.3) is 0 Å². The highest BCUT2D eigenvalue weighted by atomic mass is 16.2. The van der Waals surface area contributed by atoms with E-state index in [4.69, 9.17) is 5.73 Å². The summed E-state index contributed by atoms with van der Waals surface area (Å²) in [6.07, 6.45) is 4.03. The lowest BCUT2D eigenvalue weighted by molar-refractivity contribution is -0.115. The zero-order valence-corrected chi connectivity index (χ0v) is 11.6. The van der Waals surface area contributed by atoms with Gasteiger partial charge in [-0.3, -0.25) is 10.1 Å². The molecule has 6 nitrogen and oxygen atoms in total. The van der Waals surface area contributed by atoms with Crippen LogP contribution in [0, 0.1) is 0 Å². The first-order valence-electron chi connectivity index (χ1n) is 6.87. The SMILES string of the molecule is NC1Cc2ccccc2N(CC(=O)Nc2ncccn2)C1. The fourth-order valence-electron chi connectivity index (χ4n) is 2.57. The molecule has 0 radical (unpaired) electrons. The van der Waals surface area contributed by atoms with E-state index in [0.717, 1.165) is 12.1 Å². The van der Waals surface area contributed by atoms with Crippen molar-refractivity contribution in [1.82, 2.24) is 9.97 Å². The monoisotopic (exact) mass is 283 g/mol. The van der Waals surface area contributed by atoms with Gasteiger partial charge in [0.2, 0.25) is 11.9 Å². The third kappa shape index (κ3) is 3.17. The van der Waals surface area contributed by atoms with E-state index in [1.54, 1.807) is 18.5 Å². The summed E-state index contributed by atoms with van der Waals surface area (Å²) < 4.78 is 0. The van der Waals surface area contributed by atoms with Gasteiger partial charge in [-0.25, -0.2) is 9.97 Å². The number of nitrogens with zero attached hydrogens (tertiary/aromatic N) is 3. The Morgan fingerprint density at radius 3 is 2.86 bits per heavy atom. The van der Waals surface area contributed by atoms with Gasteiger partial charge in [-0.15, -0.1) is 0 Å². The average molecular weight is 283 g/mol. The first-order chi connectivity index (χ1) is 10.2. The number of carbonyl (C=O) groups is 1. The lowest BCUT2D eigenvalue weighted by atomic mass is 9.98. The average Bonchev–Trinajstić information content (AvgIpc) is 2.48. The van der Waals surface area contributed by atoms with Gasteiger partial charge < -0.3 is 10.6 Å². The van der Waals surface area contributed by atoms with Crippen LogP contribution < -0.4 is 16.0 Å². The minimum atomic E-state index is -0.148. The van der Waals surface area contributed by atoms with Gasteiger partial charge in [-0.1, -0.05) is 18.2 Å². The van der Waals surface area contributed by atoms with Crippen molar-refractivity contribution in [3.8, 4) is 0 Å². The minimum Gasteiger partial charge on any atom is -0.360 e. The van der Waals surface area contributed by atoms with Gasteiger partial charge in [-0.05, 0) is 24.1 Å². The van der Waals surface area contributed by atoms with Crippen LogP contribution in [0.15, 0.2) is 42.7 Å². The lowest BCUT2D eigenvalue weighted by Gasteiger charge is -2.34. The molecule has 1 atom stereocenters. The standard InChI is InChI=1S/C15H17N5O/c16-12-8-11-4-1-2-5-13(11)20(9-12)10-14(21)19-15-17-6-3-7-18-15/h1-7,12H,8-10,16H2,(H,17,18,19,21). The number of fused-ring (bicyclic) bond motifs is 1. The summed E-state index contributed by atoms with van der Waals surface area (Å²) in [6.45, 7) is 0.906. The predicted molar refractivity (Wildman–Crippen MR) is 81.0 cm³/mol. The van der Waals surface area contributed by atoms with Gasteiger partial charge in [0.05, 0.1) is 6.54 Å². The van der Waals surface area contributed by atoms with E-state index in [1.165, 1.54) is 5.56 Å². The van der Waals surface area contributed by atoms with Crippen molar-refractivity contribution in [2.24, 2.45) is 5.73 Å². The van der Waals surface area contributed by atoms with E-state index in [1.807, 2.05) is 23.1 Å². The summed E-state index contributed by atoms with van der Waals surface area (Å²) in [6, 6.07) is 9.79. The zero-order chi connectivity index (χ0) is 14.7. The summed E-state index contributed by atoms with van der Waals surface area (Å²) in [5.41, 5.74) is 8.32. The number of nitrogens with one attached hydrogen (secondary N) is 1. The highest BCUT2D eigenvalue weighted by Crippen LogP contribution is 2.25. The minimum absolute atomic E-state index is 0.0423. The van der Waals surface area contributed by atoms with Gasteiger partial charge in [0.1, 0.15) is 0 Å². The van der Waals surface area contributed by atoms with Crippen LogP contribution in [-0.4, -0.2) is 35.0 Å². The quantitative estimate of drug-likeness (QED) is 0.870. The molecule has 3 rings (SSSR count). The van der Waals surface area contributed by atoms with Crippen molar-refractivity contribution < 1.29 is 4.79 Å². The van der Waals surface area contributed by atoms with E-state index in [0.29, 0.717) is 12.5 Å². The summed E-state index contributed by atoms with van der Waals surface area (Å²) in [5.74, 6) is 0.169. The van der Waals surface area contributed by atoms with Crippen molar-refractivity contribution in [3.63, 3.8) is 0 Å². The number of para-hydroxylation sites is 1. The molecule has 1 unspecified atom stereocenters. The Labute approximate surface area is 123 Å². The van der Waals surface area contributed by atoms with E-state index in [-0.39, 0.29) is 18.5 Å². The number of anilines is 2. The molecule has 1 aromatic carbocycles. The predicted octanol–water partition coefficient (Wildman–Crippen LogP) is 0.805. The molecule has 21 heavy (non-hydrogen) atoms. The fourth-order valence-corrected chi connectivity index (χ4v) is 2.57. The summed E-state index contributed by atoms with van der Waals surface area (Å²) in [5, 5.41) is 2.69. The number of hydrogen-bond acceptors (Lipinski definition) is 5. The second kappa shape index (κ2) is 5.88. The molecule has 0 spiro atoms. The third-order valence-electron chi connectivity index (χ3n) is 3.42. The van der Waals surface area contributed by atoms with Crippen molar-refractivity contribution >= 4 is 17.5 Å². The Balaban J connectivity index is 1.71. The first kappa shape index (κ1) is 13.5. The van der Waals surface area contributed by atoms with Gasteiger partial charge in [-0.2, -0.15) is 0 Å². The number of nitrogens with two attached hydrogens (primary N) is 1. The zero-order valence-electron chi connectivity index (χ0n) is 11.6. The second-order valence-corrected chi connectivity index (χ2v) is 5.09. The Bertz CT molecular complexity index is 631. The van der Waals surface area contributed by atoms with Crippen LogP contribution in [0.25, 0.3) is 0 Å². The van der Waals surface area contributed by atoms with Crippen LogP contribution in [0.4, 0.5) is 11.6 Å². The van der Waals surface area contributed by atoms with E-state index in [9.17, 15) is 4.79 Å². The van der Waals surface area contributed by atoms with Crippen LogP contribution >= 0.6 is 0 Å². The molecule has 1 aromatic heterocycles. The van der Waals surface area contributed by atoms with Crippen LogP contribution in [-0.2, 0) is 11.2 Å². The summed E-state index contributed by atoms with van der Waals surface area (Å²) in [7, 11) is 0. The van der Waals surface area contributed by atoms with Gasteiger partial charge in [0, 0.05) is 30.7 Å². The summed E-state index contributed by atoms with van der Waals surface area (Å²) in [4.78, 5) is 22.1. The molecule has 1 aliphatic heterocycles. The van der Waals surface area contributed by atoms with Crippen LogP contribution in [0.2, 0.25) is 0 Å². The molecule has 3 N–H and O–H groups in total. The molecule has 2 aromatic rings. The van der Waals surface area contributed by atoms with Crippen LogP contribution in [0.1, 0.15) is 5.56 Å². The molecular formula is C15H17N5O. The molecule has 108 valence electrons. The number of carbonyl (C=O) groups excluding carboxylic acids is 1. The molecule has 2 heterocycles. The summed E-state index contributed by atoms with van der Waals surface area (Å²) >= 11 is 0. The largest absolute Gasteiger partial charge is 0.360 e. The smallest absolute Gasteiger partial charge is 0.246 e. The lowest BCUT2D eigenvalue weighted by Crippen LogP contribution is -2.46. The number of rotatable bonds is 3. The number of hydrogen-bond donors (Lipinski definition) is 2. The first-order valence-corrected chi connectivity index (χ1v) is 6.87. The van der Waals surface area contributed by atoms with E-state index < -0.39 is 0 Å². The maximum absolute atomic E-state index is 12.1. The van der Waals surface area contributed by atoms with Crippen LogP contribution in [0.5, 0.6) is 0 Å². The molecule has 6 heteroatoms. The normalized spacial score (nSPS) is 17.2. The van der Waals surface area contributed by atoms with Gasteiger partial charge >= 0.3 is 0 Å². The van der Waals surface area contributed by atoms with Gasteiger partial charge in [0.15, 0.2) is 0 Å². The Hall–Kier alpha value is -2.47.